The van der Waals surface area contributed by atoms with Gasteiger partial charge in [0.15, 0.2) is 0 Å². The number of nitrogens with one attached hydrogen (secondary N) is 1. The molecule has 0 aliphatic rings. The zero-order valence-corrected chi connectivity index (χ0v) is 13.4. The van der Waals surface area contributed by atoms with Crippen molar-refractivity contribution < 1.29 is 9.90 Å². The van der Waals surface area contributed by atoms with Crippen molar-refractivity contribution in [1.29, 1.82) is 0 Å². The zero-order valence-electron chi connectivity index (χ0n) is 13.4. The molecule has 1 rings (SSSR count). The van der Waals surface area contributed by atoms with Gasteiger partial charge in [0.05, 0.1) is 6.61 Å². The second-order valence-electron chi connectivity index (χ2n) is 6.38. The average molecular weight is 287 g/mol. The van der Waals surface area contributed by atoms with Crippen LogP contribution in [-0.2, 0) is 4.79 Å². The maximum atomic E-state index is 12.1. The number of hydrogen-bond acceptors (Lipinski definition) is 2. The van der Waals surface area contributed by atoms with Crippen LogP contribution < -0.4 is 5.32 Å². The molecule has 0 spiro atoms. The third-order valence-corrected chi connectivity index (χ3v) is 3.59. The van der Waals surface area contributed by atoms with Crippen molar-refractivity contribution in [2.24, 2.45) is 11.3 Å². The van der Waals surface area contributed by atoms with Crippen molar-refractivity contribution in [1.82, 2.24) is 0 Å². The zero-order chi connectivity index (χ0) is 15.9. The molecule has 0 heterocycles. The largest absolute Gasteiger partial charge is 0.395 e. The van der Waals surface area contributed by atoms with Gasteiger partial charge in [0.2, 0.25) is 5.91 Å². The minimum atomic E-state index is 0.0258. The van der Waals surface area contributed by atoms with Gasteiger partial charge < -0.3 is 10.4 Å². The summed E-state index contributed by atoms with van der Waals surface area (Å²) in [5.41, 5.74) is 1.72. The normalized spacial score (nSPS) is 12.2. The van der Waals surface area contributed by atoms with Crippen LogP contribution >= 0.6 is 0 Å². The van der Waals surface area contributed by atoms with E-state index in [0.29, 0.717) is 18.8 Å². The van der Waals surface area contributed by atoms with Crippen molar-refractivity contribution >= 4 is 11.6 Å². The summed E-state index contributed by atoms with van der Waals surface area (Å²) in [6.07, 6.45) is 0.962. The lowest BCUT2D eigenvalue weighted by Crippen LogP contribution is -2.23. The first-order valence-electron chi connectivity index (χ1n) is 7.32. The highest BCUT2D eigenvalue weighted by Crippen LogP contribution is 2.28. The van der Waals surface area contributed by atoms with Gasteiger partial charge in [-0.1, -0.05) is 45.6 Å². The summed E-state index contributed by atoms with van der Waals surface area (Å²) in [5, 5.41) is 11.6. The fourth-order valence-corrected chi connectivity index (χ4v) is 1.69. The van der Waals surface area contributed by atoms with Crippen LogP contribution in [0.15, 0.2) is 24.3 Å². The number of carbonyl (C=O) groups excluding carboxylic acids is 1. The molecular weight excluding hydrogens is 262 g/mol. The lowest BCUT2D eigenvalue weighted by atomic mass is 9.80. The Bertz CT molecular complexity index is 532. The number of carbonyl (C=O) groups is 1. The van der Waals surface area contributed by atoms with Crippen LogP contribution in [0.3, 0.4) is 0 Å². The Kier molecular flexibility index (Phi) is 6.45. The van der Waals surface area contributed by atoms with E-state index in [1.807, 2.05) is 24.3 Å². The highest BCUT2D eigenvalue weighted by atomic mass is 16.2. The molecule has 0 bridgehead atoms. The molecule has 3 heteroatoms. The molecule has 2 N–H and O–H groups in total. The van der Waals surface area contributed by atoms with Gasteiger partial charge >= 0.3 is 0 Å². The van der Waals surface area contributed by atoms with Crippen LogP contribution in [0.25, 0.3) is 0 Å². The molecule has 1 aromatic carbocycles. The van der Waals surface area contributed by atoms with Crippen LogP contribution in [0.4, 0.5) is 5.69 Å². The van der Waals surface area contributed by atoms with E-state index in [0.717, 1.165) is 11.3 Å². The predicted octanol–water partition coefficient (Wildman–Crippen LogP) is 3.43. The van der Waals surface area contributed by atoms with Crippen LogP contribution in [-0.4, -0.2) is 17.6 Å². The van der Waals surface area contributed by atoms with E-state index < -0.39 is 0 Å². The molecule has 0 radical (unpaired) electrons. The van der Waals surface area contributed by atoms with E-state index in [1.165, 1.54) is 0 Å². The first-order valence-corrected chi connectivity index (χ1v) is 7.32. The number of benzene rings is 1. The van der Waals surface area contributed by atoms with Gasteiger partial charge in [-0.3, -0.25) is 4.79 Å². The number of aliphatic hydroxyl groups is 1. The van der Waals surface area contributed by atoms with Crippen molar-refractivity contribution in [2.45, 2.75) is 40.5 Å². The second-order valence-corrected chi connectivity index (χ2v) is 6.38. The molecule has 21 heavy (non-hydrogen) atoms. The second kappa shape index (κ2) is 7.85. The van der Waals surface area contributed by atoms with Gasteiger partial charge in [-0.05, 0) is 29.5 Å². The maximum Gasteiger partial charge on any atom is 0.224 e. The van der Waals surface area contributed by atoms with E-state index in [4.69, 9.17) is 5.11 Å². The molecule has 1 atom stereocenters. The third-order valence-electron chi connectivity index (χ3n) is 3.59. The molecule has 0 saturated heterocycles. The Hall–Kier alpha value is -1.79. The molecule has 0 saturated carbocycles. The Morgan fingerprint density at radius 3 is 2.71 bits per heavy atom. The summed E-state index contributed by atoms with van der Waals surface area (Å²) >= 11 is 0. The highest BCUT2D eigenvalue weighted by Gasteiger charge is 2.22. The van der Waals surface area contributed by atoms with Crippen LogP contribution in [0, 0.1) is 23.2 Å². The first-order chi connectivity index (χ1) is 9.82. The van der Waals surface area contributed by atoms with Crippen LogP contribution in [0.2, 0.25) is 0 Å². The maximum absolute atomic E-state index is 12.1. The number of amides is 1. The molecule has 0 aliphatic carbocycles. The summed E-state index contributed by atoms with van der Waals surface area (Å²) in [7, 11) is 0. The quantitative estimate of drug-likeness (QED) is 0.834. The summed E-state index contributed by atoms with van der Waals surface area (Å²) in [4.78, 5) is 12.1. The minimum absolute atomic E-state index is 0.0258. The third kappa shape index (κ3) is 6.46. The Labute approximate surface area is 127 Å². The standard InChI is InChI=1S/C18H25NO2/c1-14(18(2,3)4)12-17(21)19-16-10-7-9-15(13-16)8-5-6-11-20/h7,9-10,13-14,20H,6,11-12H2,1-4H3,(H,19,21). The van der Waals surface area contributed by atoms with Crippen molar-refractivity contribution in [3.8, 4) is 11.8 Å². The number of anilines is 1. The van der Waals surface area contributed by atoms with Crippen molar-refractivity contribution in [2.75, 3.05) is 11.9 Å². The molecule has 3 nitrogen and oxygen atoms in total. The van der Waals surface area contributed by atoms with E-state index in [1.54, 1.807) is 0 Å². The summed E-state index contributed by atoms with van der Waals surface area (Å²) in [6.45, 7) is 8.58. The topological polar surface area (TPSA) is 49.3 Å². The summed E-state index contributed by atoms with van der Waals surface area (Å²) < 4.78 is 0. The number of hydrogen-bond donors (Lipinski definition) is 2. The molecule has 114 valence electrons. The Balaban J connectivity index is 2.65. The van der Waals surface area contributed by atoms with Gasteiger partial charge in [-0.15, -0.1) is 0 Å². The fraction of sp³-hybridized carbons (Fsp3) is 0.500. The Morgan fingerprint density at radius 1 is 1.38 bits per heavy atom. The first kappa shape index (κ1) is 17.3. The van der Waals surface area contributed by atoms with Gasteiger partial charge in [0.1, 0.15) is 0 Å². The van der Waals surface area contributed by atoms with Crippen molar-refractivity contribution in [3.05, 3.63) is 29.8 Å². The van der Waals surface area contributed by atoms with Gasteiger partial charge in [-0.25, -0.2) is 0 Å². The smallest absolute Gasteiger partial charge is 0.224 e. The average Bonchev–Trinajstić information content (AvgIpc) is 2.38. The van der Waals surface area contributed by atoms with E-state index >= 15 is 0 Å². The monoisotopic (exact) mass is 287 g/mol. The fourth-order valence-electron chi connectivity index (χ4n) is 1.69. The number of aliphatic hydroxyl groups excluding tert-OH is 1. The molecular formula is C18H25NO2. The van der Waals surface area contributed by atoms with Crippen LogP contribution in [0.1, 0.15) is 46.1 Å². The van der Waals surface area contributed by atoms with Gasteiger partial charge in [0, 0.05) is 24.1 Å². The van der Waals surface area contributed by atoms with Crippen LogP contribution in [0.5, 0.6) is 0 Å². The predicted molar refractivity (Wildman–Crippen MR) is 86.9 cm³/mol. The number of rotatable bonds is 4. The minimum Gasteiger partial charge on any atom is -0.395 e. The molecule has 1 amide bonds. The van der Waals surface area contributed by atoms with Gasteiger partial charge in [0.25, 0.3) is 0 Å². The Morgan fingerprint density at radius 2 is 2.10 bits per heavy atom. The van der Waals surface area contributed by atoms with E-state index in [-0.39, 0.29) is 17.9 Å². The molecule has 0 fully saturated rings. The molecule has 1 unspecified atom stereocenters. The summed E-state index contributed by atoms with van der Waals surface area (Å²) in [5.74, 6) is 6.17. The van der Waals surface area contributed by atoms with E-state index in [9.17, 15) is 4.79 Å². The highest BCUT2D eigenvalue weighted by molar-refractivity contribution is 5.91. The lowest BCUT2D eigenvalue weighted by molar-refractivity contribution is -0.117. The van der Waals surface area contributed by atoms with Crippen molar-refractivity contribution in [3.63, 3.8) is 0 Å². The van der Waals surface area contributed by atoms with Gasteiger partial charge in [-0.2, -0.15) is 0 Å². The summed E-state index contributed by atoms with van der Waals surface area (Å²) in [6, 6.07) is 7.46. The molecule has 0 aromatic heterocycles. The lowest BCUT2D eigenvalue weighted by Gasteiger charge is -2.26. The molecule has 1 aromatic rings. The molecule has 0 aliphatic heterocycles. The SMILES string of the molecule is CC(CC(=O)Nc1cccc(C#CCCO)c1)C(C)(C)C. The van der Waals surface area contributed by atoms with E-state index in [2.05, 4.69) is 44.9 Å².